The number of carbonyl (C=O) groups excluding carboxylic acids is 2. The van der Waals surface area contributed by atoms with Crippen molar-refractivity contribution >= 4 is 46.9 Å². The number of nitrogens with one attached hydrogen (secondary N) is 1. The third-order valence-corrected chi connectivity index (χ3v) is 4.36. The smallest absolute Gasteiger partial charge is 0.290 e. The van der Waals surface area contributed by atoms with Gasteiger partial charge in [-0.1, -0.05) is 0 Å². The van der Waals surface area contributed by atoms with Crippen molar-refractivity contribution in [2.45, 2.75) is 19.4 Å². The van der Waals surface area contributed by atoms with Crippen LogP contribution in [0.1, 0.15) is 28.9 Å². The van der Waals surface area contributed by atoms with Crippen LogP contribution in [0.3, 0.4) is 0 Å². The number of primary amides is 1. The molecule has 0 radical (unpaired) electrons. The van der Waals surface area contributed by atoms with Crippen LogP contribution >= 0.6 is 0 Å². The lowest BCUT2D eigenvalue weighted by Gasteiger charge is -2.19. The van der Waals surface area contributed by atoms with Crippen molar-refractivity contribution in [1.29, 1.82) is 0 Å². The Labute approximate surface area is 189 Å². The van der Waals surface area contributed by atoms with Crippen molar-refractivity contribution in [2.24, 2.45) is 5.73 Å². The highest BCUT2D eigenvalue weighted by atomic mass is 16.3. The Morgan fingerprint density at radius 3 is 2.45 bits per heavy atom. The minimum atomic E-state index is -0.382. The van der Waals surface area contributed by atoms with Crippen LogP contribution in [0.15, 0.2) is 30.5 Å². The van der Waals surface area contributed by atoms with Gasteiger partial charge in [0.25, 0.3) is 12.4 Å². The molecule has 0 saturated heterocycles. The normalized spacial score (nSPS) is 10.1. The molecule has 2 heterocycles. The van der Waals surface area contributed by atoms with E-state index < -0.39 is 0 Å². The molecule has 1 aromatic carbocycles. The summed E-state index contributed by atoms with van der Waals surface area (Å²) in [6.07, 6.45) is 2.36. The Bertz CT molecular complexity index is 1120. The van der Waals surface area contributed by atoms with Gasteiger partial charge in [-0.2, -0.15) is 9.97 Å². The highest BCUT2D eigenvalue weighted by Gasteiger charge is 2.11. The molecule has 2 aromatic heterocycles. The molecule has 0 aliphatic carbocycles. The van der Waals surface area contributed by atoms with Gasteiger partial charge < -0.3 is 32.5 Å². The van der Waals surface area contributed by atoms with E-state index in [1.54, 1.807) is 18.3 Å². The molecule has 0 unspecified atom stereocenters. The first-order valence-electron chi connectivity index (χ1n) is 9.75. The number of hydrogen-bond donors (Lipinski definition) is 5. The third kappa shape index (κ3) is 7.27. The summed E-state index contributed by atoms with van der Waals surface area (Å²) < 4.78 is 0. The monoisotopic (exact) mass is 455 g/mol. The van der Waals surface area contributed by atoms with E-state index in [9.17, 15) is 9.59 Å². The number of amides is 2. The number of nitrogens with two attached hydrogens (primary N) is 3. The lowest BCUT2D eigenvalue weighted by atomic mass is 10.1. The molecule has 3 aromatic rings. The molecule has 13 nitrogen and oxygen atoms in total. The molecule has 2 amide bonds. The standard InChI is InChI=1S/C19H23N9O2.CH2O2/c1-28(10-12-9-24-17-15(25-12)16(21)26-19(22)27-17)13-6-4-11(5-7-13)18(30)23-8-2-3-14(20)29;2-1-3/h4-7,9H,2-3,8,10H2,1H3,(H2,20,29)(H,23,30)(H4,21,22,24,26,27);1H,(H,2,3). The lowest BCUT2D eigenvalue weighted by molar-refractivity contribution is -0.123. The van der Waals surface area contributed by atoms with Gasteiger partial charge in [-0.05, 0) is 30.7 Å². The van der Waals surface area contributed by atoms with E-state index in [4.69, 9.17) is 27.1 Å². The predicted octanol–water partition coefficient (Wildman–Crippen LogP) is -0.0833. The molecule has 13 heteroatoms. The zero-order valence-corrected chi connectivity index (χ0v) is 17.9. The van der Waals surface area contributed by atoms with Gasteiger partial charge in [0.15, 0.2) is 17.0 Å². The van der Waals surface area contributed by atoms with E-state index in [2.05, 4.69) is 25.3 Å². The molecule has 0 fully saturated rings. The molecule has 0 aliphatic rings. The second-order valence-corrected chi connectivity index (χ2v) is 6.83. The molecular weight excluding hydrogens is 430 g/mol. The van der Waals surface area contributed by atoms with Crippen molar-refractivity contribution in [3.05, 3.63) is 41.7 Å². The van der Waals surface area contributed by atoms with E-state index in [0.29, 0.717) is 41.9 Å². The van der Waals surface area contributed by atoms with E-state index in [1.165, 1.54) is 0 Å². The van der Waals surface area contributed by atoms with Crippen molar-refractivity contribution in [3.8, 4) is 0 Å². The number of fused-ring (bicyclic) bond motifs is 1. The third-order valence-electron chi connectivity index (χ3n) is 4.36. The summed E-state index contributed by atoms with van der Waals surface area (Å²) in [4.78, 5) is 49.8. The van der Waals surface area contributed by atoms with Gasteiger partial charge in [-0.15, -0.1) is 0 Å². The SMILES string of the molecule is CN(Cc1cnc2nc(N)nc(N)c2n1)c1ccc(C(=O)NCCCC(N)=O)cc1.O=CO. The van der Waals surface area contributed by atoms with Gasteiger partial charge in [-0.3, -0.25) is 14.4 Å². The summed E-state index contributed by atoms with van der Waals surface area (Å²) in [6, 6.07) is 7.14. The lowest BCUT2D eigenvalue weighted by Crippen LogP contribution is -2.25. The van der Waals surface area contributed by atoms with Gasteiger partial charge in [0.05, 0.1) is 18.4 Å². The molecule has 0 atom stereocenters. The zero-order valence-electron chi connectivity index (χ0n) is 17.9. The first kappa shape index (κ1) is 24.7. The van der Waals surface area contributed by atoms with Crippen molar-refractivity contribution in [2.75, 3.05) is 30.0 Å². The van der Waals surface area contributed by atoms with Crippen LogP contribution in [-0.2, 0) is 16.1 Å². The van der Waals surface area contributed by atoms with Crippen LogP contribution in [0.5, 0.6) is 0 Å². The maximum absolute atomic E-state index is 12.2. The number of anilines is 3. The van der Waals surface area contributed by atoms with E-state index in [-0.39, 0.29) is 36.5 Å². The quantitative estimate of drug-likeness (QED) is 0.223. The summed E-state index contributed by atoms with van der Waals surface area (Å²) in [5.41, 5.74) is 19.4. The molecule has 33 heavy (non-hydrogen) atoms. The maximum Gasteiger partial charge on any atom is 0.290 e. The minimum Gasteiger partial charge on any atom is -0.483 e. The summed E-state index contributed by atoms with van der Waals surface area (Å²) in [7, 11) is 1.90. The molecule has 0 bridgehead atoms. The van der Waals surface area contributed by atoms with Crippen molar-refractivity contribution in [1.82, 2.24) is 25.3 Å². The Kier molecular flexibility index (Phi) is 8.79. The number of hydrogen-bond acceptors (Lipinski definition) is 10. The fourth-order valence-corrected chi connectivity index (χ4v) is 2.83. The van der Waals surface area contributed by atoms with Crippen LogP contribution in [0.25, 0.3) is 11.2 Å². The molecule has 3 rings (SSSR count). The molecule has 0 aliphatic heterocycles. The molecule has 0 saturated carbocycles. The zero-order chi connectivity index (χ0) is 24.4. The average Bonchev–Trinajstić information content (AvgIpc) is 2.77. The number of rotatable bonds is 8. The maximum atomic E-state index is 12.2. The number of nitrogens with zero attached hydrogens (tertiary/aromatic N) is 5. The van der Waals surface area contributed by atoms with Gasteiger partial charge in [0.2, 0.25) is 11.9 Å². The molecule has 174 valence electrons. The predicted molar refractivity (Wildman–Crippen MR) is 122 cm³/mol. The van der Waals surface area contributed by atoms with E-state index >= 15 is 0 Å². The van der Waals surface area contributed by atoms with Crippen LogP contribution in [0.4, 0.5) is 17.5 Å². The topological polar surface area (TPSA) is 216 Å². The van der Waals surface area contributed by atoms with Gasteiger partial charge in [0.1, 0.15) is 0 Å². The Morgan fingerprint density at radius 2 is 1.82 bits per heavy atom. The van der Waals surface area contributed by atoms with Crippen molar-refractivity contribution < 1.29 is 19.5 Å². The largest absolute Gasteiger partial charge is 0.483 e. The molecular formula is C20H25N9O4. The first-order chi connectivity index (χ1) is 15.7. The second kappa shape index (κ2) is 11.7. The van der Waals surface area contributed by atoms with E-state index in [1.807, 2.05) is 24.1 Å². The summed E-state index contributed by atoms with van der Waals surface area (Å²) in [5, 5.41) is 9.65. The Hall–Kier alpha value is -4.55. The minimum absolute atomic E-state index is 0.0520. The van der Waals surface area contributed by atoms with Crippen LogP contribution < -0.4 is 27.4 Å². The number of aromatic nitrogens is 4. The second-order valence-electron chi connectivity index (χ2n) is 6.83. The Balaban J connectivity index is 0.00000122. The number of benzene rings is 1. The van der Waals surface area contributed by atoms with Crippen LogP contribution in [0.2, 0.25) is 0 Å². The van der Waals surface area contributed by atoms with Gasteiger partial charge in [-0.25, -0.2) is 9.97 Å². The summed E-state index contributed by atoms with van der Waals surface area (Å²) in [5.74, 6) is -0.354. The first-order valence-corrected chi connectivity index (χ1v) is 9.75. The van der Waals surface area contributed by atoms with Crippen LogP contribution in [0, 0.1) is 0 Å². The van der Waals surface area contributed by atoms with Gasteiger partial charge in [0, 0.05) is 31.3 Å². The highest BCUT2D eigenvalue weighted by molar-refractivity contribution is 5.94. The highest BCUT2D eigenvalue weighted by Crippen LogP contribution is 2.18. The van der Waals surface area contributed by atoms with Gasteiger partial charge >= 0.3 is 0 Å². The summed E-state index contributed by atoms with van der Waals surface area (Å²) >= 11 is 0. The van der Waals surface area contributed by atoms with Crippen molar-refractivity contribution in [3.63, 3.8) is 0 Å². The fourth-order valence-electron chi connectivity index (χ4n) is 2.83. The molecule has 8 N–H and O–H groups in total. The molecule has 0 spiro atoms. The fraction of sp³-hybridized carbons (Fsp3) is 0.250. The Morgan fingerprint density at radius 1 is 1.15 bits per heavy atom. The number of nitrogen functional groups attached to an aromatic ring is 2. The number of carboxylic acid groups (broad SMARTS) is 1. The summed E-state index contributed by atoms with van der Waals surface area (Å²) in [6.45, 7) is 0.605. The van der Waals surface area contributed by atoms with Crippen LogP contribution in [-0.4, -0.2) is 56.9 Å². The number of carbonyl (C=O) groups is 3. The van der Waals surface area contributed by atoms with E-state index in [0.717, 1.165) is 5.69 Å². The average molecular weight is 455 g/mol.